The van der Waals surface area contributed by atoms with Gasteiger partial charge in [0.1, 0.15) is 5.69 Å². The van der Waals surface area contributed by atoms with E-state index in [1.54, 1.807) is 0 Å². The summed E-state index contributed by atoms with van der Waals surface area (Å²) in [5, 5.41) is 0. The number of amides is 1. The maximum absolute atomic E-state index is 12.6. The molecule has 1 aliphatic rings. The van der Waals surface area contributed by atoms with Gasteiger partial charge < -0.3 is 14.4 Å². The zero-order valence-electron chi connectivity index (χ0n) is 11.9. The molecule has 4 nitrogen and oxygen atoms in total. The molecule has 0 aromatic carbocycles. The second kappa shape index (κ2) is 6.09. The van der Waals surface area contributed by atoms with E-state index in [4.69, 9.17) is 0 Å². The molecular formula is C14H22BrN3O. The maximum atomic E-state index is 12.6. The van der Waals surface area contributed by atoms with Crippen LogP contribution >= 0.6 is 15.9 Å². The first-order valence-corrected chi connectivity index (χ1v) is 7.63. The SMILES string of the molecule is CCn1cc(Br)cc1C(=O)N(C)C1CCN(C)CC1. The van der Waals surface area contributed by atoms with Gasteiger partial charge in [0.15, 0.2) is 0 Å². The molecule has 1 amide bonds. The summed E-state index contributed by atoms with van der Waals surface area (Å²) in [6.07, 6.45) is 4.09. The maximum Gasteiger partial charge on any atom is 0.270 e. The fraction of sp³-hybridized carbons (Fsp3) is 0.643. The van der Waals surface area contributed by atoms with Gasteiger partial charge in [0, 0.05) is 30.3 Å². The first kappa shape index (κ1) is 14.6. The fourth-order valence-corrected chi connectivity index (χ4v) is 3.11. The molecule has 1 aromatic heterocycles. The Morgan fingerprint density at radius 1 is 1.47 bits per heavy atom. The molecule has 106 valence electrons. The number of rotatable bonds is 3. The average Bonchev–Trinajstić information content (AvgIpc) is 2.79. The molecule has 19 heavy (non-hydrogen) atoms. The molecule has 1 aromatic rings. The highest BCUT2D eigenvalue weighted by Gasteiger charge is 2.26. The molecule has 2 heterocycles. The van der Waals surface area contributed by atoms with E-state index in [2.05, 4.69) is 34.8 Å². The second-order valence-electron chi connectivity index (χ2n) is 5.28. The van der Waals surface area contributed by atoms with E-state index in [-0.39, 0.29) is 5.91 Å². The molecule has 0 unspecified atom stereocenters. The summed E-state index contributed by atoms with van der Waals surface area (Å²) in [5.74, 6) is 0.127. The first-order chi connectivity index (χ1) is 9.02. The van der Waals surface area contributed by atoms with Crippen LogP contribution in [0, 0.1) is 0 Å². The zero-order chi connectivity index (χ0) is 14.0. The summed E-state index contributed by atoms with van der Waals surface area (Å²) in [7, 11) is 4.07. The number of carbonyl (C=O) groups excluding carboxylic acids is 1. The van der Waals surface area contributed by atoms with Crippen LogP contribution in [-0.4, -0.2) is 53.5 Å². The third-order valence-electron chi connectivity index (χ3n) is 3.98. The molecule has 5 heteroatoms. The lowest BCUT2D eigenvalue weighted by atomic mass is 10.0. The number of aryl methyl sites for hydroxylation is 1. The van der Waals surface area contributed by atoms with Gasteiger partial charge in [0.05, 0.1) is 0 Å². The Morgan fingerprint density at radius 3 is 2.68 bits per heavy atom. The van der Waals surface area contributed by atoms with Crippen LogP contribution in [0.4, 0.5) is 0 Å². The van der Waals surface area contributed by atoms with Crippen molar-refractivity contribution in [2.45, 2.75) is 32.4 Å². The number of likely N-dealkylation sites (tertiary alicyclic amines) is 1. The normalized spacial score (nSPS) is 17.7. The Morgan fingerprint density at radius 2 is 2.11 bits per heavy atom. The topological polar surface area (TPSA) is 28.5 Å². The third-order valence-corrected chi connectivity index (χ3v) is 4.41. The predicted octanol–water partition coefficient (Wildman–Crippen LogP) is 2.44. The van der Waals surface area contributed by atoms with E-state index in [9.17, 15) is 4.79 Å². The summed E-state index contributed by atoms with van der Waals surface area (Å²) in [6, 6.07) is 2.28. The molecule has 1 fully saturated rings. The van der Waals surface area contributed by atoms with Gasteiger partial charge in [-0.1, -0.05) is 0 Å². The summed E-state index contributed by atoms with van der Waals surface area (Å²) in [5.41, 5.74) is 0.774. The number of halogens is 1. The van der Waals surface area contributed by atoms with E-state index in [1.165, 1.54) is 0 Å². The Kier molecular flexibility index (Phi) is 4.68. The van der Waals surface area contributed by atoms with Crippen molar-refractivity contribution >= 4 is 21.8 Å². The molecule has 2 rings (SSSR count). The summed E-state index contributed by atoms with van der Waals surface area (Å²) in [4.78, 5) is 16.8. The number of hydrogen-bond donors (Lipinski definition) is 0. The highest BCUT2D eigenvalue weighted by Crippen LogP contribution is 2.20. The number of nitrogens with zero attached hydrogens (tertiary/aromatic N) is 3. The lowest BCUT2D eigenvalue weighted by molar-refractivity contribution is 0.0649. The molecule has 0 bridgehead atoms. The average molecular weight is 328 g/mol. The van der Waals surface area contributed by atoms with Crippen molar-refractivity contribution in [3.8, 4) is 0 Å². The van der Waals surface area contributed by atoms with E-state index < -0.39 is 0 Å². The van der Waals surface area contributed by atoms with Crippen LogP contribution in [0.25, 0.3) is 0 Å². The minimum atomic E-state index is 0.127. The van der Waals surface area contributed by atoms with Crippen molar-refractivity contribution in [1.82, 2.24) is 14.4 Å². The second-order valence-corrected chi connectivity index (χ2v) is 6.20. The Balaban J connectivity index is 2.10. The van der Waals surface area contributed by atoms with Crippen LogP contribution in [0.3, 0.4) is 0 Å². The van der Waals surface area contributed by atoms with E-state index in [1.807, 2.05) is 28.8 Å². The van der Waals surface area contributed by atoms with Gasteiger partial charge in [-0.3, -0.25) is 4.79 Å². The Bertz CT molecular complexity index is 450. The molecule has 0 N–H and O–H groups in total. The number of piperidine rings is 1. The Hall–Kier alpha value is -0.810. The van der Waals surface area contributed by atoms with Gasteiger partial charge >= 0.3 is 0 Å². The molecule has 0 atom stereocenters. The van der Waals surface area contributed by atoms with Gasteiger partial charge in [0.25, 0.3) is 5.91 Å². The largest absolute Gasteiger partial charge is 0.343 e. The fourth-order valence-electron chi connectivity index (χ4n) is 2.64. The smallest absolute Gasteiger partial charge is 0.270 e. The van der Waals surface area contributed by atoms with Crippen LogP contribution in [0.2, 0.25) is 0 Å². The first-order valence-electron chi connectivity index (χ1n) is 6.84. The molecule has 1 aliphatic heterocycles. The van der Waals surface area contributed by atoms with Crippen molar-refractivity contribution in [3.05, 3.63) is 22.4 Å². The van der Waals surface area contributed by atoms with Crippen LogP contribution in [0.1, 0.15) is 30.3 Å². The minimum absolute atomic E-state index is 0.127. The quantitative estimate of drug-likeness (QED) is 0.853. The van der Waals surface area contributed by atoms with Crippen molar-refractivity contribution in [3.63, 3.8) is 0 Å². The highest BCUT2D eigenvalue weighted by atomic mass is 79.9. The zero-order valence-corrected chi connectivity index (χ0v) is 13.5. The minimum Gasteiger partial charge on any atom is -0.343 e. The third kappa shape index (κ3) is 3.20. The molecule has 1 saturated heterocycles. The van der Waals surface area contributed by atoms with Crippen molar-refractivity contribution < 1.29 is 4.79 Å². The molecule has 0 spiro atoms. The van der Waals surface area contributed by atoms with Crippen molar-refractivity contribution in [2.75, 3.05) is 27.2 Å². The van der Waals surface area contributed by atoms with Crippen LogP contribution in [0.15, 0.2) is 16.7 Å². The van der Waals surface area contributed by atoms with E-state index in [0.717, 1.165) is 42.6 Å². The number of aromatic nitrogens is 1. The monoisotopic (exact) mass is 327 g/mol. The predicted molar refractivity (Wildman–Crippen MR) is 80.4 cm³/mol. The van der Waals surface area contributed by atoms with Gasteiger partial charge in [-0.25, -0.2) is 0 Å². The lowest BCUT2D eigenvalue weighted by Gasteiger charge is -2.35. The standard InChI is InChI=1S/C14H22BrN3O/c1-4-18-10-11(15)9-13(18)14(19)17(3)12-5-7-16(2)8-6-12/h9-10,12H,4-8H2,1-3H3. The summed E-state index contributed by atoms with van der Waals surface area (Å²) in [6.45, 7) is 5.01. The molecule has 0 aliphatic carbocycles. The van der Waals surface area contributed by atoms with Gasteiger partial charge in [-0.05, 0) is 61.9 Å². The van der Waals surface area contributed by atoms with E-state index >= 15 is 0 Å². The van der Waals surface area contributed by atoms with Gasteiger partial charge in [-0.15, -0.1) is 0 Å². The number of carbonyl (C=O) groups is 1. The van der Waals surface area contributed by atoms with Gasteiger partial charge in [0.2, 0.25) is 0 Å². The highest BCUT2D eigenvalue weighted by molar-refractivity contribution is 9.10. The Labute approximate surface area is 123 Å². The van der Waals surface area contributed by atoms with Gasteiger partial charge in [-0.2, -0.15) is 0 Å². The van der Waals surface area contributed by atoms with Crippen LogP contribution in [-0.2, 0) is 6.54 Å². The van der Waals surface area contributed by atoms with Crippen LogP contribution in [0.5, 0.6) is 0 Å². The van der Waals surface area contributed by atoms with E-state index in [0.29, 0.717) is 6.04 Å². The van der Waals surface area contributed by atoms with Crippen LogP contribution < -0.4 is 0 Å². The lowest BCUT2D eigenvalue weighted by Crippen LogP contribution is -2.44. The molecular weight excluding hydrogens is 306 g/mol. The number of hydrogen-bond acceptors (Lipinski definition) is 2. The summed E-state index contributed by atoms with van der Waals surface area (Å²) < 4.78 is 2.96. The molecule has 0 saturated carbocycles. The molecule has 0 radical (unpaired) electrons. The summed E-state index contributed by atoms with van der Waals surface area (Å²) >= 11 is 3.45. The van der Waals surface area contributed by atoms with Crippen molar-refractivity contribution in [2.24, 2.45) is 0 Å². The van der Waals surface area contributed by atoms with Crippen molar-refractivity contribution in [1.29, 1.82) is 0 Å².